The van der Waals surface area contributed by atoms with E-state index in [2.05, 4.69) is 34.1 Å². The molecule has 0 spiro atoms. The second-order valence-corrected chi connectivity index (χ2v) is 7.91. The molecule has 0 radical (unpaired) electrons. The van der Waals surface area contributed by atoms with Crippen LogP contribution in [0.3, 0.4) is 0 Å². The minimum absolute atomic E-state index is 0.170. The minimum atomic E-state index is -0.898. The van der Waals surface area contributed by atoms with Gasteiger partial charge in [0.1, 0.15) is 18.2 Å². The first-order valence-corrected chi connectivity index (χ1v) is 9.76. The van der Waals surface area contributed by atoms with E-state index in [-0.39, 0.29) is 5.69 Å². The fourth-order valence-corrected chi connectivity index (χ4v) is 4.01. The number of nitrogens with one attached hydrogen (secondary N) is 1. The van der Waals surface area contributed by atoms with Crippen LogP contribution in [0.2, 0.25) is 0 Å². The van der Waals surface area contributed by atoms with E-state index >= 15 is 0 Å². The molecule has 1 saturated heterocycles. The number of carbonyl (C=O) groups excluding carboxylic acids is 1. The molecule has 4 rings (SSSR count). The average Bonchev–Trinajstić information content (AvgIpc) is 2.99. The van der Waals surface area contributed by atoms with Gasteiger partial charge in [0.2, 0.25) is 11.6 Å². The monoisotopic (exact) mass is 416 g/mol. The first-order chi connectivity index (χ1) is 14.3. The van der Waals surface area contributed by atoms with Gasteiger partial charge in [-0.2, -0.15) is 0 Å². The van der Waals surface area contributed by atoms with E-state index in [4.69, 9.17) is 0 Å². The van der Waals surface area contributed by atoms with Crippen molar-refractivity contribution in [3.8, 4) is 0 Å². The largest absolute Gasteiger partial charge is 0.353 e. The van der Waals surface area contributed by atoms with Crippen LogP contribution in [0.1, 0.15) is 20.3 Å². The summed E-state index contributed by atoms with van der Waals surface area (Å²) >= 11 is 0. The van der Waals surface area contributed by atoms with Crippen molar-refractivity contribution in [1.29, 1.82) is 0 Å². The van der Waals surface area contributed by atoms with Crippen LogP contribution in [0.25, 0.3) is 5.65 Å². The number of fused-ring (bicyclic) bond motifs is 1. The number of hydrogen-bond donors (Lipinski definition) is 1. The zero-order valence-electron chi connectivity index (χ0n) is 16.7. The zero-order chi connectivity index (χ0) is 21.4. The zero-order valence-corrected chi connectivity index (χ0v) is 16.7. The van der Waals surface area contributed by atoms with Crippen molar-refractivity contribution >= 4 is 23.1 Å². The molecule has 3 heterocycles. The van der Waals surface area contributed by atoms with Gasteiger partial charge >= 0.3 is 5.69 Å². The lowest BCUT2D eigenvalue weighted by Gasteiger charge is -2.35. The summed E-state index contributed by atoms with van der Waals surface area (Å²) < 4.78 is 29.1. The Balaban J connectivity index is 1.60. The van der Waals surface area contributed by atoms with Gasteiger partial charge in [-0.05, 0) is 30.4 Å². The molecule has 10 heteroatoms. The molecule has 1 amide bonds. The summed E-state index contributed by atoms with van der Waals surface area (Å²) in [5, 5.41) is 6.64. The van der Waals surface area contributed by atoms with E-state index in [1.54, 1.807) is 0 Å². The van der Waals surface area contributed by atoms with Crippen molar-refractivity contribution in [2.24, 2.45) is 11.8 Å². The van der Waals surface area contributed by atoms with Gasteiger partial charge in [0, 0.05) is 31.5 Å². The van der Waals surface area contributed by atoms with Gasteiger partial charge in [-0.1, -0.05) is 13.8 Å². The van der Waals surface area contributed by atoms with Gasteiger partial charge in [-0.3, -0.25) is 4.79 Å². The van der Waals surface area contributed by atoms with Crippen molar-refractivity contribution in [2.45, 2.75) is 26.8 Å². The number of nitrogens with zero attached hydrogens (tertiary/aromatic N) is 5. The maximum atomic E-state index is 13.8. The van der Waals surface area contributed by atoms with E-state index in [1.807, 2.05) is 0 Å². The molecule has 2 unspecified atom stereocenters. The number of rotatable bonds is 4. The molecule has 30 heavy (non-hydrogen) atoms. The van der Waals surface area contributed by atoms with E-state index in [1.165, 1.54) is 16.8 Å². The van der Waals surface area contributed by atoms with Gasteiger partial charge in [0.15, 0.2) is 5.82 Å². The third-order valence-electron chi connectivity index (χ3n) is 5.15. The van der Waals surface area contributed by atoms with E-state index in [0.29, 0.717) is 29.4 Å². The SMILES string of the molecule is CC1CC(C)CN(c2nccn3c(=O)n(CC(=O)Nc4ccc(F)cc4F)nc23)C1. The number of benzene rings is 1. The summed E-state index contributed by atoms with van der Waals surface area (Å²) in [5.74, 6) is -0.728. The van der Waals surface area contributed by atoms with Crippen molar-refractivity contribution in [3.63, 3.8) is 0 Å². The average molecular weight is 416 g/mol. The molecule has 1 N–H and O–H groups in total. The highest BCUT2D eigenvalue weighted by Gasteiger charge is 2.26. The lowest BCUT2D eigenvalue weighted by atomic mass is 9.92. The standard InChI is InChI=1S/C20H22F2N6O2/c1-12-7-13(2)10-26(9-12)18-19-25-28(20(30)27(19)6-5-23-18)11-17(29)24-16-4-3-14(21)8-15(16)22/h3-6,8,12-13H,7,9-11H2,1-2H3,(H,24,29). The van der Waals surface area contributed by atoms with E-state index in [9.17, 15) is 18.4 Å². The Labute approximate surface area is 171 Å². The van der Waals surface area contributed by atoms with Crippen molar-refractivity contribution in [2.75, 3.05) is 23.3 Å². The second kappa shape index (κ2) is 7.85. The molecule has 8 nitrogen and oxygen atoms in total. The van der Waals surface area contributed by atoms with Crippen LogP contribution >= 0.6 is 0 Å². The summed E-state index contributed by atoms with van der Waals surface area (Å²) in [5.41, 5.74) is -0.303. The minimum Gasteiger partial charge on any atom is -0.353 e. The lowest BCUT2D eigenvalue weighted by molar-refractivity contribution is -0.117. The Hall–Kier alpha value is -3.30. The van der Waals surface area contributed by atoms with Crippen LogP contribution < -0.4 is 15.9 Å². The highest BCUT2D eigenvalue weighted by Crippen LogP contribution is 2.26. The quantitative estimate of drug-likeness (QED) is 0.706. The fraction of sp³-hybridized carbons (Fsp3) is 0.400. The molecule has 0 aliphatic carbocycles. The van der Waals surface area contributed by atoms with Gasteiger partial charge in [-0.25, -0.2) is 27.6 Å². The second-order valence-electron chi connectivity index (χ2n) is 7.91. The summed E-state index contributed by atoms with van der Waals surface area (Å²) in [4.78, 5) is 31.6. The Morgan fingerprint density at radius 3 is 2.67 bits per heavy atom. The summed E-state index contributed by atoms with van der Waals surface area (Å²) in [6.07, 6.45) is 4.16. The molecular formula is C20H22F2N6O2. The normalized spacial score (nSPS) is 19.3. The number of amides is 1. The molecule has 1 aliphatic heterocycles. The van der Waals surface area contributed by atoms with Crippen LogP contribution in [-0.4, -0.2) is 38.2 Å². The van der Waals surface area contributed by atoms with Crippen molar-refractivity contribution in [1.82, 2.24) is 19.2 Å². The number of carbonyl (C=O) groups is 1. The molecule has 2 atom stereocenters. The highest BCUT2D eigenvalue weighted by atomic mass is 19.1. The topological polar surface area (TPSA) is 84.5 Å². The molecule has 1 fully saturated rings. The molecule has 0 saturated carbocycles. The fourth-order valence-electron chi connectivity index (χ4n) is 4.01. The molecule has 0 bridgehead atoms. The molecule has 158 valence electrons. The van der Waals surface area contributed by atoms with Crippen molar-refractivity contribution in [3.05, 3.63) is 52.7 Å². The molecule has 1 aromatic carbocycles. The van der Waals surface area contributed by atoms with Gasteiger partial charge < -0.3 is 10.2 Å². The predicted molar refractivity (Wildman–Crippen MR) is 107 cm³/mol. The molecular weight excluding hydrogens is 394 g/mol. The number of piperidine rings is 1. The number of aromatic nitrogens is 4. The first-order valence-electron chi connectivity index (χ1n) is 9.76. The van der Waals surface area contributed by atoms with Crippen LogP contribution in [0, 0.1) is 23.5 Å². The Kier molecular flexibility index (Phi) is 5.23. The Bertz CT molecular complexity index is 1150. The third kappa shape index (κ3) is 3.89. The van der Waals surface area contributed by atoms with Gasteiger partial charge in [0.25, 0.3) is 0 Å². The number of anilines is 2. The lowest BCUT2D eigenvalue weighted by Crippen LogP contribution is -2.39. The Morgan fingerprint density at radius 1 is 1.23 bits per heavy atom. The molecule has 1 aliphatic rings. The van der Waals surface area contributed by atoms with Gasteiger partial charge in [-0.15, -0.1) is 5.10 Å². The van der Waals surface area contributed by atoms with Crippen LogP contribution in [0.4, 0.5) is 20.3 Å². The van der Waals surface area contributed by atoms with E-state index < -0.39 is 29.8 Å². The molecule has 2 aromatic heterocycles. The summed E-state index contributed by atoms with van der Waals surface area (Å²) in [6, 6.07) is 2.83. The van der Waals surface area contributed by atoms with Crippen LogP contribution in [0.15, 0.2) is 35.4 Å². The van der Waals surface area contributed by atoms with Crippen LogP contribution in [0.5, 0.6) is 0 Å². The van der Waals surface area contributed by atoms with E-state index in [0.717, 1.165) is 36.3 Å². The third-order valence-corrected chi connectivity index (χ3v) is 5.15. The Morgan fingerprint density at radius 2 is 1.97 bits per heavy atom. The maximum absolute atomic E-state index is 13.8. The van der Waals surface area contributed by atoms with Crippen LogP contribution in [-0.2, 0) is 11.3 Å². The smallest absolute Gasteiger partial charge is 0.350 e. The van der Waals surface area contributed by atoms with Crippen molar-refractivity contribution < 1.29 is 13.6 Å². The molecule has 3 aromatic rings. The van der Waals surface area contributed by atoms with Gasteiger partial charge in [0.05, 0.1) is 5.69 Å². The number of halogens is 2. The first kappa shape index (κ1) is 20.0. The maximum Gasteiger partial charge on any atom is 0.350 e. The predicted octanol–water partition coefficient (Wildman–Crippen LogP) is 2.29. The summed E-state index contributed by atoms with van der Waals surface area (Å²) in [7, 11) is 0. The summed E-state index contributed by atoms with van der Waals surface area (Å²) in [6.45, 7) is 5.55. The highest BCUT2D eigenvalue weighted by molar-refractivity contribution is 5.90. The number of hydrogen-bond acceptors (Lipinski definition) is 5.